The van der Waals surface area contributed by atoms with Crippen molar-refractivity contribution in [1.29, 1.82) is 0 Å². The molecule has 0 aromatic heterocycles. The second-order valence-corrected chi connectivity index (χ2v) is 8.42. The standard InChI is InChI=1S/C19H32N4O3/c1-14(2)12-15-17(25)23(11-8-20-15)13-16(24)22-9-5-19(6-10-22)4-3-7-21-18(19)26/h14-15,20H,3-13H2,1-2H3,(H,21,26)/t15-/m0/s1. The molecule has 146 valence electrons. The molecule has 0 aromatic rings. The van der Waals surface area contributed by atoms with Crippen LogP contribution in [0.15, 0.2) is 0 Å². The van der Waals surface area contributed by atoms with E-state index in [0.717, 1.165) is 45.2 Å². The third-order valence-electron chi connectivity index (χ3n) is 6.09. The Balaban J connectivity index is 1.52. The SMILES string of the molecule is CC(C)C[C@@H]1NCCN(CC(=O)N2CCC3(CCCNC3=O)CC2)C1=O. The van der Waals surface area contributed by atoms with Gasteiger partial charge in [-0.1, -0.05) is 13.8 Å². The van der Waals surface area contributed by atoms with Gasteiger partial charge in [-0.25, -0.2) is 0 Å². The third-order valence-corrected chi connectivity index (χ3v) is 6.09. The third kappa shape index (κ3) is 4.03. The van der Waals surface area contributed by atoms with Gasteiger partial charge in [0.1, 0.15) is 0 Å². The van der Waals surface area contributed by atoms with Crippen LogP contribution in [0.3, 0.4) is 0 Å². The van der Waals surface area contributed by atoms with E-state index < -0.39 is 0 Å². The predicted molar refractivity (Wildman–Crippen MR) is 98.3 cm³/mol. The summed E-state index contributed by atoms with van der Waals surface area (Å²) in [6, 6.07) is -0.174. The molecule has 0 aliphatic carbocycles. The zero-order chi connectivity index (χ0) is 18.7. The first kappa shape index (κ1) is 19.1. The Morgan fingerprint density at radius 2 is 1.88 bits per heavy atom. The summed E-state index contributed by atoms with van der Waals surface area (Å²) in [5.41, 5.74) is -0.276. The molecule has 3 saturated heterocycles. The quantitative estimate of drug-likeness (QED) is 0.754. The van der Waals surface area contributed by atoms with Gasteiger partial charge in [0.15, 0.2) is 0 Å². The highest BCUT2D eigenvalue weighted by Crippen LogP contribution is 2.38. The average molecular weight is 364 g/mol. The number of amides is 3. The van der Waals surface area contributed by atoms with Gasteiger partial charge in [-0.05, 0) is 38.0 Å². The van der Waals surface area contributed by atoms with Crippen molar-refractivity contribution in [3.05, 3.63) is 0 Å². The van der Waals surface area contributed by atoms with Crippen LogP contribution in [0.5, 0.6) is 0 Å². The van der Waals surface area contributed by atoms with E-state index in [-0.39, 0.29) is 35.7 Å². The topological polar surface area (TPSA) is 81.8 Å². The predicted octanol–water partition coefficient (Wildman–Crippen LogP) is 0.352. The molecule has 1 spiro atoms. The number of piperidine rings is 2. The maximum absolute atomic E-state index is 12.7. The van der Waals surface area contributed by atoms with Crippen LogP contribution < -0.4 is 10.6 Å². The van der Waals surface area contributed by atoms with Gasteiger partial charge in [0.2, 0.25) is 17.7 Å². The fourth-order valence-electron chi connectivity index (χ4n) is 4.46. The van der Waals surface area contributed by atoms with E-state index in [4.69, 9.17) is 0 Å². The summed E-state index contributed by atoms with van der Waals surface area (Å²) >= 11 is 0. The van der Waals surface area contributed by atoms with Crippen molar-refractivity contribution >= 4 is 17.7 Å². The number of carbonyl (C=O) groups excluding carboxylic acids is 3. The molecular formula is C19H32N4O3. The van der Waals surface area contributed by atoms with Gasteiger partial charge in [0.25, 0.3) is 0 Å². The first-order chi connectivity index (χ1) is 12.4. The highest BCUT2D eigenvalue weighted by molar-refractivity contribution is 5.88. The van der Waals surface area contributed by atoms with E-state index in [1.807, 2.05) is 4.90 Å². The monoisotopic (exact) mass is 364 g/mol. The molecule has 7 nitrogen and oxygen atoms in total. The number of carbonyl (C=O) groups is 3. The summed E-state index contributed by atoms with van der Waals surface area (Å²) in [6.45, 7) is 7.68. The van der Waals surface area contributed by atoms with Crippen LogP contribution in [-0.4, -0.2) is 72.8 Å². The molecule has 0 bridgehead atoms. The van der Waals surface area contributed by atoms with Crippen molar-refractivity contribution in [3.63, 3.8) is 0 Å². The largest absolute Gasteiger partial charge is 0.356 e. The molecule has 3 aliphatic heterocycles. The molecule has 2 N–H and O–H groups in total. The number of nitrogens with zero attached hydrogens (tertiary/aromatic N) is 2. The van der Waals surface area contributed by atoms with Crippen molar-refractivity contribution in [3.8, 4) is 0 Å². The van der Waals surface area contributed by atoms with Crippen LogP contribution >= 0.6 is 0 Å². The van der Waals surface area contributed by atoms with Gasteiger partial charge >= 0.3 is 0 Å². The molecule has 3 amide bonds. The summed E-state index contributed by atoms with van der Waals surface area (Å²) in [4.78, 5) is 41.1. The molecule has 0 unspecified atom stereocenters. The van der Waals surface area contributed by atoms with Gasteiger partial charge < -0.3 is 20.4 Å². The highest BCUT2D eigenvalue weighted by Gasteiger charge is 2.43. The van der Waals surface area contributed by atoms with Gasteiger partial charge in [-0.15, -0.1) is 0 Å². The minimum Gasteiger partial charge on any atom is -0.356 e. The van der Waals surface area contributed by atoms with Gasteiger partial charge in [-0.2, -0.15) is 0 Å². The fourth-order valence-corrected chi connectivity index (χ4v) is 4.46. The normalized spacial score (nSPS) is 26.3. The van der Waals surface area contributed by atoms with Gasteiger partial charge in [0, 0.05) is 32.7 Å². The van der Waals surface area contributed by atoms with Crippen molar-refractivity contribution in [1.82, 2.24) is 20.4 Å². The van der Waals surface area contributed by atoms with E-state index in [9.17, 15) is 14.4 Å². The molecule has 3 aliphatic rings. The number of likely N-dealkylation sites (tertiary alicyclic amines) is 1. The summed E-state index contributed by atoms with van der Waals surface area (Å²) in [7, 11) is 0. The molecule has 3 rings (SSSR count). The van der Waals surface area contributed by atoms with E-state index in [0.29, 0.717) is 25.6 Å². The Bertz CT molecular complexity index is 555. The van der Waals surface area contributed by atoms with Crippen molar-refractivity contribution in [2.45, 2.75) is 52.0 Å². The summed E-state index contributed by atoms with van der Waals surface area (Å²) < 4.78 is 0. The lowest BCUT2D eigenvalue weighted by atomic mass is 9.72. The van der Waals surface area contributed by atoms with Crippen LogP contribution in [0, 0.1) is 11.3 Å². The maximum Gasteiger partial charge on any atom is 0.242 e. The molecule has 26 heavy (non-hydrogen) atoms. The molecule has 0 aromatic carbocycles. The average Bonchev–Trinajstić information content (AvgIpc) is 2.61. The zero-order valence-corrected chi connectivity index (χ0v) is 16.1. The Morgan fingerprint density at radius 1 is 1.15 bits per heavy atom. The van der Waals surface area contributed by atoms with Crippen LogP contribution in [0.2, 0.25) is 0 Å². The lowest BCUT2D eigenvalue weighted by Gasteiger charge is -2.43. The lowest BCUT2D eigenvalue weighted by Crippen LogP contribution is -2.58. The van der Waals surface area contributed by atoms with Crippen LogP contribution in [0.25, 0.3) is 0 Å². The van der Waals surface area contributed by atoms with E-state index in [1.54, 1.807) is 4.90 Å². The molecule has 0 saturated carbocycles. The molecule has 3 heterocycles. The van der Waals surface area contributed by atoms with E-state index in [2.05, 4.69) is 24.5 Å². The Kier molecular flexibility index (Phi) is 5.85. The minimum atomic E-state index is -0.276. The van der Waals surface area contributed by atoms with Crippen LogP contribution in [-0.2, 0) is 14.4 Å². The molecule has 7 heteroatoms. The second-order valence-electron chi connectivity index (χ2n) is 8.42. The number of hydrogen-bond acceptors (Lipinski definition) is 4. The number of hydrogen-bond donors (Lipinski definition) is 2. The molecule has 3 fully saturated rings. The Hall–Kier alpha value is -1.63. The first-order valence-corrected chi connectivity index (χ1v) is 9.99. The summed E-state index contributed by atoms with van der Waals surface area (Å²) in [5, 5.41) is 6.24. The van der Waals surface area contributed by atoms with Crippen LogP contribution in [0.4, 0.5) is 0 Å². The highest BCUT2D eigenvalue weighted by atomic mass is 16.2. The Morgan fingerprint density at radius 3 is 2.54 bits per heavy atom. The van der Waals surface area contributed by atoms with Gasteiger partial charge in [0.05, 0.1) is 18.0 Å². The minimum absolute atomic E-state index is 0.00890. The molecular weight excluding hydrogens is 332 g/mol. The second kappa shape index (κ2) is 7.94. The number of piperazine rings is 1. The van der Waals surface area contributed by atoms with E-state index in [1.165, 1.54) is 0 Å². The lowest BCUT2D eigenvalue weighted by molar-refractivity contribution is -0.147. The first-order valence-electron chi connectivity index (χ1n) is 9.99. The number of nitrogens with one attached hydrogen (secondary N) is 2. The summed E-state index contributed by atoms with van der Waals surface area (Å²) in [5.74, 6) is 0.643. The molecule has 1 atom stereocenters. The van der Waals surface area contributed by atoms with E-state index >= 15 is 0 Å². The van der Waals surface area contributed by atoms with Gasteiger partial charge in [-0.3, -0.25) is 14.4 Å². The fraction of sp³-hybridized carbons (Fsp3) is 0.842. The number of rotatable bonds is 4. The molecule has 0 radical (unpaired) electrons. The summed E-state index contributed by atoms with van der Waals surface area (Å²) in [6.07, 6.45) is 4.21. The van der Waals surface area contributed by atoms with Crippen molar-refractivity contribution < 1.29 is 14.4 Å². The smallest absolute Gasteiger partial charge is 0.242 e. The van der Waals surface area contributed by atoms with Crippen molar-refractivity contribution in [2.75, 3.05) is 39.3 Å². The van der Waals surface area contributed by atoms with Crippen LogP contribution in [0.1, 0.15) is 46.0 Å². The van der Waals surface area contributed by atoms with Crippen molar-refractivity contribution in [2.24, 2.45) is 11.3 Å². The Labute approximate surface area is 155 Å². The maximum atomic E-state index is 12.7. The zero-order valence-electron chi connectivity index (χ0n) is 16.1.